The Labute approximate surface area is 296 Å². The number of benzene rings is 1. The Morgan fingerprint density at radius 3 is 1.17 bits per heavy atom. The van der Waals surface area contributed by atoms with Crippen LogP contribution in [0.15, 0.2) is 35.0 Å². The van der Waals surface area contributed by atoms with E-state index in [1.807, 2.05) is 22.7 Å². The molecule has 0 bridgehead atoms. The lowest BCUT2D eigenvalue weighted by molar-refractivity contribution is 0.668. The third-order valence-corrected chi connectivity index (χ3v) is 14.4. The smallest absolute Gasteiger partial charge is 0.0474 e. The van der Waals surface area contributed by atoms with Crippen molar-refractivity contribution in [2.75, 3.05) is 0 Å². The number of thiophene rings is 4. The van der Waals surface area contributed by atoms with Crippen LogP contribution >= 0.6 is 45.3 Å². The maximum Gasteiger partial charge on any atom is 0.0474 e. The Morgan fingerprint density at radius 1 is 0.435 bits per heavy atom. The topological polar surface area (TPSA) is 0 Å². The number of unbranched alkanes of at least 4 members (excludes halogenated alkanes) is 12. The minimum atomic E-state index is 1.21. The van der Waals surface area contributed by atoms with Crippen LogP contribution in [0.1, 0.15) is 153 Å². The molecule has 0 aliphatic carbocycles. The summed E-state index contributed by atoms with van der Waals surface area (Å²) in [5.41, 5.74) is 6.46. The van der Waals surface area contributed by atoms with Crippen molar-refractivity contribution in [2.24, 2.45) is 0 Å². The van der Waals surface area contributed by atoms with Crippen molar-refractivity contribution in [3.8, 4) is 19.5 Å². The molecule has 0 aliphatic rings. The summed E-state index contributed by atoms with van der Waals surface area (Å²) in [7, 11) is 0. The first kappa shape index (κ1) is 35.8. The van der Waals surface area contributed by atoms with Gasteiger partial charge in [0.05, 0.1) is 0 Å². The molecular weight excluding hydrogens is 633 g/mol. The van der Waals surface area contributed by atoms with E-state index in [0.29, 0.717) is 0 Å². The molecule has 0 nitrogen and oxygen atoms in total. The van der Waals surface area contributed by atoms with Gasteiger partial charge >= 0.3 is 0 Å². The predicted molar refractivity (Wildman–Crippen MR) is 215 cm³/mol. The second kappa shape index (κ2) is 18.9. The predicted octanol–water partition coefficient (Wildman–Crippen LogP) is 16.1. The van der Waals surface area contributed by atoms with Crippen molar-refractivity contribution in [1.29, 1.82) is 0 Å². The van der Waals surface area contributed by atoms with E-state index in [-0.39, 0.29) is 0 Å². The average molecular weight is 691 g/mol. The average Bonchev–Trinajstić information content (AvgIpc) is 3.88. The molecule has 0 N–H and O–H groups in total. The second-order valence-electron chi connectivity index (χ2n) is 13.5. The maximum absolute atomic E-state index is 2.63. The van der Waals surface area contributed by atoms with Crippen molar-refractivity contribution < 1.29 is 0 Å². The summed E-state index contributed by atoms with van der Waals surface area (Å²) in [4.78, 5) is 6.13. The molecule has 0 saturated carbocycles. The van der Waals surface area contributed by atoms with E-state index in [0.717, 1.165) is 0 Å². The molecule has 0 fully saturated rings. The monoisotopic (exact) mass is 690 g/mol. The van der Waals surface area contributed by atoms with Crippen LogP contribution in [0, 0.1) is 0 Å². The fourth-order valence-electron chi connectivity index (χ4n) is 7.08. The van der Waals surface area contributed by atoms with Gasteiger partial charge in [-0.2, -0.15) is 0 Å². The molecule has 250 valence electrons. The Kier molecular flexibility index (Phi) is 14.7. The number of hydrogen-bond donors (Lipinski definition) is 0. The van der Waals surface area contributed by atoms with Crippen molar-refractivity contribution in [1.82, 2.24) is 0 Å². The molecule has 46 heavy (non-hydrogen) atoms. The van der Waals surface area contributed by atoms with E-state index in [4.69, 9.17) is 0 Å². The number of fused-ring (bicyclic) bond motifs is 2. The third kappa shape index (κ3) is 8.95. The first-order valence-corrected chi connectivity index (χ1v) is 22.2. The fraction of sp³-hybridized carbons (Fsp3) is 0.571. The molecule has 0 unspecified atom stereocenters. The zero-order valence-electron chi connectivity index (χ0n) is 29.2. The van der Waals surface area contributed by atoms with Crippen LogP contribution in [-0.4, -0.2) is 0 Å². The van der Waals surface area contributed by atoms with E-state index in [1.54, 1.807) is 52.2 Å². The van der Waals surface area contributed by atoms with Gasteiger partial charge in [-0.1, -0.05) is 105 Å². The quantitative estimate of drug-likeness (QED) is 0.0634. The lowest BCUT2D eigenvalue weighted by atomic mass is 9.94. The van der Waals surface area contributed by atoms with Crippen LogP contribution in [-0.2, 0) is 25.7 Å². The Morgan fingerprint density at radius 2 is 0.804 bits per heavy atom. The molecule has 1 aromatic carbocycles. The van der Waals surface area contributed by atoms with Gasteiger partial charge in [0.15, 0.2) is 0 Å². The summed E-state index contributed by atoms with van der Waals surface area (Å²) in [5, 5.41) is 7.86. The standard InChI is InChI=1S/C42H58S4/c1-5-9-13-17-21-31-25-27-43-39(31)37-29-35-33(23-19-15-11-7-3)42-36(34(41(35)45-37)24-20-16-12-8-4)30-38(46-42)40-32(26-28-44-40)22-18-14-10-6-2/h25-30H,5-24H2,1-4H3. The summed E-state index contributed by atoms with van der Waals surface area (Å²) in [6.07, 6.45) is 26.1. The normalized spacial score (nSPS) is 11.9. The van der Waals surface area contributed by atoms with Crippen LogP contribution in [0.25, 0.3) is 39.7 Å². The van der Waals surface area contributed by atoms with Crippen LogP contribution in [0.2, 0.25) is 0 Å². The largest absolute Gasteiger partial charge is 0.143 e. The number of rotatable bonds is 22. The van der Waals surface area contributed by atoms with Crippen LogP contribution < -0.4 is 0 Å². The molecule has 4 aromatic heterocycles. The third-order valence-electron chi connectivity index (χ3n) is 9.76. The van der Waals surface area contributed by atoms with Gasteiger partial charge in [0, 0.05) is 28.9 Å². The highest BCUT2D eigenvalue weighted by molar-refractivity contribution is 7.27. The minimum absolute atomic E-state index is 1.21. The van der Waals surface area contributed by atoms with Gasteiger partial charge in [0.25, 0.3) is 0 Å². The summed E-state index contributed by atoms with van der Waals surface area (Å²) in [5.74, 6) is 0. The molecule has 5 rings (SSSR count). The highest BCUT2D eigenvalue weighted by Crippen LogP contribution is 2.49. The molecule has 5 aromatic rings. The SMILES string of the molecule is CCCCCCc1ccsc1-c1cc2c(CCCCCC)c3sc(-c4sccc4CCCCCC)cc3c(CCCCCC)c2s1. The lowest BCUT2D eigenvalue weighted by Crippen LogP contribution is -1.93. The molecule has 0 aliphatic heterocycles. The molecule has 0 atom stereocenters. The molecule has 0 radical (unpaired) electrons. The van der Waals surface area contributed by atoms with E-state index in [9.17, 15) is 0 Å². The van der Waals surface area contributed by atoms with Crippen LogP contribution in [0.5, 0.6) is 0 Å². The summed E-state index contributed by atoms with van der Waals surface area (Å²) >= 11 is 8.19. The van der Waals surface area contributed by atoms with Gasteiger partial charge < -0.3 is 0 Å². The Bertz CT molecular complexity index is 1430. The lowest BCUT2D eigenvalue weighted by Gasteiger charge is -2.11. The molecule has 0 saturated heterocycles. The van der Waals surface area contributed by atoms with Gasteiger partial charge in [-0.3, -0.25) is 0 Å². The summed E-state index contributed by atoms with van der Waals surface area (Å²) in [6, 6.07) is 10.1. The Hall–Kier alpha value is -1.46. The van der Waals surface area contributed by atoms with Gasteiger partial charge in [-0.05, 0) is 119 Å². The van der Waals surface area contributed by atoms with Gasteiger partial charge in [-0.15, -0.1) is 45.3 Å². The molecule has 4 heterocycles. The molecular formula is C42H58S4. The first-order valence-electron chi connectivity index (χ1n) is 18.8. The summed E-state index contributed by atoms with van der Waals surface area (Å²) < 4.78 is 3.20. The number of hydrogen-bond acceptors (Lipinski definition) is 4. The van der Waals surface area contributed by atoms with E-state index in [2.05, 4.69) is 85.4 Å². The zero-order valence-corrected chi connectivity index (χ0v) is 32.5. The van der Waals surface area contributed by atoms with Crippen LogP contribution in [0.3, 0.4) is 0 Å². The van der Waals surface area contributed by atoms with Crippen molar-refractivity contribution in [2.45, 2.75) is 156 Å². The van der Waals surface area contributed by atoms with Crippen molar-refractivity contribution in [3.05, 3.63) is 57.3 Å². The fourth-order valence-corrected chi connectivity index (χ4v) is 11.8. The highest BCUT2D eigenvalue weighted by Gasteiger charge is 2.22. The van der Waals surface area contributed by atoms with Crippen LogP contribution in [0.4, 0.5) is 0 Å². The van der Waals surface area contributed by atoms with Gasteiger partial charge in [0.1, 0.15) is 0 Å². The van der Waals surface area contributed by atoms with E-state index in [1.165, 1.54) is 138 Å². The van der Waals surface area contributed by atoms with E-state index >= 15 is 0 Å². The minimum Gasteiger partial charge on any atom is -0.143 e. The van der Waals surface area contributed by atoms with Gasteiger partial charge in [0.2, 0.25) is 0 Å². The summed E-state index contributed by atoms with van der Waals surface area (Å²) in [6.45, 7) is 9.30. The maximum atomic E-state index is 2.63. The first-order chi connectivity index (χ1) is 22.7. The van der Waals surface area contributed by atoms with Gasteiger partial charge in [-0.25, -0.2) is 0 Å². The molecule has 0 amide bonds. The second-order valence-corrected chi connectivity index (χ2v) is 17.4. The van der Waals surface area contributed by atoms with Crippen molar-refractivity contribution >= 4 is 65.5 Å². The van der Waals surface area contributed by atoms with E-state index < -0.39 is 0 Å². The molecule has 0 spiro atoms. The molecule has 4 heteroatoms. The Balaban J connectivity index is 1.59. The number of aryl methyl sites for hydroxylation is 4. The highest BCUT2D eigenvalue weighted by atomic mass is 32.1. The zero-order chi connectivity index (χ0) is 32.1. The van der Waals surface area contributed by atoms with Crippen molar-refractivity contribution in [3.63, 3.8) is 0 Å².